The molecule has 1 unspecified atom stereocenters. The van der Waals surface area contributed by atoms with E-state index in [4.69, 9.17) is 5.73 Å². The molecule has 1 rings (SSSR count). The quantitative estimate of drug-likeness (QED) is 0.837. The lowest BCUT2D eigenvalue weighted by atomic mass is 9.83. The molecule has 0 heterocycles. The van der Waals surface area contributed by atoms with Crippen molar-refractivity contribution in [2.24, 2.45) is 5.73 Å². The van der Waals surface area contributed by atoms with E-state index in [9.17, 15) is 18.3 Å². The van der Waals surface area contributed by atoms with Crippen LogP contribution in [0.3, 0.4) is 0 Å². The van der Waals surface area contributed by atoms with E-state index in [1.165, 1.54) is 6.07 Å². The maximum atomic E-state index is 12.5. The third-order valence-electron chi connectivity index (χ3n) is 2.69. The average molecular weight is 233 g/mol. The van der Waals surface area contributed by atoms with Gasteiger partial charge >= 0.3 is 6.18 Å². The Morgan fingerprint density at radius 1 is 1.25 bits per heavy atom. The van der Waals surface area contributed by atoms with Gasteiger partial charge in [-0.25, -0.2) is 0 Å². The largest absolute Gasteiger partial charge is 0.416 e. The monoisotopic (exact) mass is 233 g/mol. The molecule has 1 atom stereocenters. The van der Waals surface area contributed by atoms with Crippen LogP contribution in [0.1, 0.15) is 18.1 Å². The fourth-order valence-electron chi connectivity index (χ4n) is 1.34. The van der Waals surface area contributed by atoms with Gasteiger partial charge in [-0.1, -0.05) is 25.1 Å². The fraction of sp³-hybridized carbons (Fsp3) is 0.455. The van der Waals surface area contributed by atoms with Crippen molar-refractivity contribution >= 4 is 0 Å². The molecule has 0 amide bonds. The summed E-state index contributed by atoms with van der Waals surface area (Å²) in [4.78, 5) is 0. The molecule has 5 heteroatoms. The summed E-state index contributed by atoms with van der Waals surface area (Å²) in [6.45, 7) is 1.43. The Labute approximate surface area is 91.9 Å². The number of hydrogen-bond acceptors (Lipinski definition) is 2. The molecule has 0 saturated heterocycles. The predicted octanol–water partition coefficient (Wildman–Crippen LogP) is 1.91. The molecular formula is C11H14F3NO. The number of alkyl halides is 3. The molecule has 90 valence electrons. The van der Waals surface area contributed by atoms with Crippen LogP contribution < -0.4 is 5.73 Å². The summed E-state index contributed by atoms with van der Waals surface area (Å²) in [5.41, 5.74) is 4.31. The van der Waals surface area contributed by atoms with Gasteiger partial charge < -0.3 is 10.8 Å². The zero-order valence-electron chi connectivity index (χ0n) is 8.88. The van der Waals surface area contributed by atoms with E-state index in [0.717, 1.165) is 12.1 Å². The van der Waals surface area contributed by atoms with Crippen molar-refractivity contribution < 1.29 is 18.3 Å². The number of hydrogen-bond donors (Lipinski definition) is 2. The Bertz CT molecular complexity index is 358. The zero-order valence-corrected chi connectivity index (χ0v) is 8.88. The van der Waals surface area contributed by atoms with E-state index in [2.05, 4.69) is 0 Å². The lowest BCUT2D eigenvalue weighted by molar-refractivity contribution is -0.137. The minimum absolute atomic E-state index is 0.0881. The van der Waals surface area contributed by atoms with Crippen molar-refractivity contribution in [1.29, 1.82) is 0 Å². The molecule has 0 aliphatic rings. The molecule has 0 spiro atoms. The smallest absolute Gasteiger partial charge is 0.395 e. The van der Waals surface area contributed by atoms with E-state index in [0.29, 0.717) is 5.56 Å². The van der Waals surface area contributed by atoms with Crippen LogP contribution in [0.4, 0.5) is 13.2 Å². The third kappa shape index (κ3) is 2.54. The third-order valence-corrected chi connectivity index (χ3v) is 2.69. The van der Waals surface area contributed by atoms with Crippen molar-refractivity contribution in [3.05, 3.63) is 35.4 Å². The number of rotatable bonds is 3. The van der Waals surface area contributed by atoms with Crippen LogP contribution in [0.25, 0.3) is 0 Å². The van der Waals surface area contributed by atoms with Crippen LogP contribution in [0, 0.1) is 0 Å². The van der Waals surface area contributed by atoms with Crippen LogP contribution in [-0.2, 0) is 11.6 Å². The first-order valence-corrected chi connectivity index (χ1v) is 4.82. The van der Waals surface area contributed by atoms with Crippen molar-refractivity contribution in [2.45, 2.75) is 18.5 Å². The van der Waals surface area contributed by atoms with Gasteiger partial charge in [0.15, 0.2) is 0 Å². The van der Waals surface area contributed by atoms with Crippen LogP contribution in [-0.4, -0.2) is 18.3 Å². The molecule has 1 aromatic rings. The topological polar surface area (TPSA) is 46.2 Å². The fourth-order valence-corrected chi connectivity index (χ4v) is 1.34. The molecule has 0 bridgehead atoms. The number of benzene rings is 1. The second kappa shape index (κ2) is 4.43. The highest BCUT2D eigenvalue weighted by molar-refractivity contribution is 5.31. The number of nitrogens with two attached hydrogens (primary N) is 1. The minimum Gasteiger partial charge on any atom is -0.395 e. The highest BCUT2D eigenvalue weighted by Crippen LogP contribution is 2.32. The summed E-state index contributed by atoms with van der Waals surface area (Å²) in [5, 5.41) is 9.17. The summed E-state index contributed by atoms with van der Waals surface area (Å²) in [7, 11) is 0. The second-order valence-electron chi connectivity index (χ2n) is 4.00. The molecule has 1 aromatic carbocycles. The van der Waals surface area contributed by atoms with E-state index in [1.54, 1.807) is 13.0 Å². The number of aliphatic hydroxyl groups is 1. The van der Waals surface area contributed by atoms with Gasteiger partial charge in [-0.05, 0) is 11.6 Å². The normalized spacial score (nSPS) is 15.9. The second-order valence-corrected chi connectivity index (χ2v) is 4.00. The van der Waals surface area contributed by atoms with Crippen LogP contribution >= 0.6 is 0 Å². The average Bonchev–Trinajstić information content (AvgIpc) is 2.27. The summed E-state index contributed by atoms with van der Waals surface area (Å²) in [6.07, 6.45) is -4.37. The summed E-state index contributed by atoms with van der Waals surface area (Å²) >= 11 is 0. The highest BCUT2D eigenvalue weighted by atomic mass is 19.4. The van der Waals surface area contributed by atoms with Gasteiger partial charge in [0.2, 0.25) is 0 Å². The first-order chi connectivity index (χ1) is 7.33. The molecule has 0 aliphatic heterocycles. The van der Waals surface area contributed by atoms with Gasteiger partial charge in [0.25, 0.3) is 0 Å². The molecule has 0 aliphatic carbocycles. The summed E-state index contributed by atoms with van der Waals surface area (Å²) in [6, 6.07) is 4.89. The Hall–Kier alpha value is -1.07. The Morgan fingerprint density at radius 3 is 2.25 bits per heavy atom. The summed E-state index contributed by atoms with van der Waals surface area (Å²) < 4.78 is 37.4. The first-order valence-electron chi connectivity index (χ1n) is 4.82. The summed E-state index contributed by atoms with van der Waals surface area (Å²) in [5.74, 6) is 0. The van der Waals surface area contributed by atoms with Crippen molar-refractivity contribution in [3.63, 3.8) is 0 Å². The standard InChI is InChI=1S/C11H14F3NO/c1-10(6-15,7-16)8-3-2-4-9(5-8)11(12,13)14/h2-5,16H,6-7,15H2,1H3. The SMILES string of the molecule is CC(CN)(CO)c1cccc(C(F)(F)F)c1. The predicted molar refractivity (Wildman–Crippen MR) is 54.9 cm³/mol. The van der Waals surface area contributed by atoms with E-state index < -0.39 is 17.2 Å². The molecule has 16 heavy (non-hydrogen) atoms. The van der Waals surface area contributed by atoms with Gasteiger partial charge in [-0.15, -0.1) is 0 Å². The van der Waals surface area contributed by atoms with E-state index >= 15 is 0 Å². The highest BCUT2D eigenvalue weighted by Gasteiger charge is 2.32. The number of halogens is 3. The van der Waals surface area contributed by atoms with E-state index in [1.807, 2.05) is 0 Å². The molecular weight excluding hydrogens is 219 g/mol. The van der Waals surface area contributed by atoms with Gasteiger partial charge in [0.1, 0.15) is 0 Å². The lowest BCUT2D eigenvalue weighted by Gasteiger charge is -2.26. The Balaban J connectivity index is 3.17. The Morgan fingerprint density at radius 2 is 1.81 bits per heavy atom. The molecule has 0 fully saturated rings. The van der Waals surface area contributed by atoms with Gasteiger partial charge in [0.05, 0.1) is 12.2 Å². The van der Waals surface area contributed by atoms with Crippen LogP contribution in [0.5, 0.6) is 0 Å². The van der Waals surface area contributed by atoms with Crippen molar-refractivity contribution in [1.82, 2.24) is 0 Å². The van der Waals surface area contributed by atoms with Crippen molar-refractivity contribution in [2.75, 3.05) is 13.2 Å². The maximum Gasteiger partial charge on any atom is 0.416 e. The van der Waals surface area contributed by atoms with Gasteiger partial charge in [-0.2, -0.15) is 13.2 Å². The van der Waals surface area contributed by atoms with E-state index in [-0.39, 0.29) is 13.2 Å². The molecule has 0 aromatic heterocycles. The lowest BCUT2D eigenvalue weighted by Crippen LogP contribution is -2.35. The number of aliphatic hydroxyl groups excluding tert-OH is 1. The Kier molecular flexibility index (Phi) is 3.60. The molecule has 0 radical (unpaired) electrons. The van der Waals surface area contributed by atoms with Gasteiger partial charge in [-0.3, -0.25) is 0 Å². The minimum atomic E-state index is -4.37. The van der Waals surface area contributed by atoms with Crippen LogP contribution in [0.2, 0.25) is 0 Å². The first kappa shape index (κ1) is 13.0. The van der Waals surface area contributed by atoms with Crippen LogP contribution in [0.15, 0.2) is 24.3 Å². The molecule has 0 saturated carbocycles. The maximum absolute atomic E-state index is 12.5. The molecule has 2 nitrogen and oxygen atoms in total. The molecule has 3 N–H and O–H groups in total. The van der Waals surface area contributed by atoms with Gasteiger partial charge in [0, 0.05) is 12.0 Å². The van der Waals surface area contributed by atoms with Crippen molar-refractivity contribution in [3.8, 4) is 0 Å². The zero-order chi connectivity index (χ0) is 12.4.